The van der Waals surface area contributed by atoms with Gasteiger partial charge in [-0.1, -0.05) is 68.8 Å². The van der Waals surface area contributed by atoms with Gasteiger partial charge in [-0.05, 0) is 62.1 Å². The SMILES string of the molecule is C=C[C@@H]1C[C@]1(NC(=O)[C@@H]1C[C@@H](n2nc(-c3ccc(Cl)cc3)c3ccccc3c2=O)CN1C(=O)[C@@H](NC(=O)OC1CCC1)C(C)(C)C)C(=O)NS(=O)(=O)C1CC1. The van der Waals surface area contributed by atoms with Gasteiger partial charge in [0.1, 0.15) is 23.7 Å². The van der Waals surface area contributed by atoms with Gasteiger partial charge in [0.2, 0.25) is 21.8 Å². The molecule has 3 N–H and O–H groups in total. The maximum absolute atomic E-state index is 14.7. The summed E-state index contributed by atoms with van der Waals surface area (Å²) < 4.78 is 34.5. The third kappa shape index (κ3) is 7.60. The van der Waals surface area contributed by atoms with Gasteiger partial charge >= 0.3 is 6.09 Å². The molecule has 4 fully saturated rings. The van der Waals surface area contributed by atoms with Crippen molar-refractivity contribution in [1.29, 1.82) is 0 Å². The van der Waals surface area contributed by atoms with Crippen molar-refractivity contribution in [1.82, 2.24) is 30.0 Å². The van der Waals surface area contributed by atoms with Gasteiger partial charge < -0.3 is 20.3 Å². The first-order valence-corrected chi connectivity index (χ1v) is 20.5. The molecular formula is C39H45ClN6O8S. The van der Waals surface area contributed by atoms with Crippen LogP contribution in [0.3, 0.4) is 0 Å². The topological polar surface area (TPSA) is 186 Å². The second-order valence-corrected chi connectivity index (χ2v) is 18.5. The van der Waals surface area contributed by atoms with E-state index in [-0.39, 0.29) is 25.5 Å². The van der Waals surface area contributed by atoms with Gasteiger partial charge in [-0.15, -0.1) is 6.58 Å². The predicted molar refractivity (Wildman–Crippen MR) is 205 cm³/mol. The zero-order valence-corrected chi connectivity index (χ0v) is 32.5. The Kier molecular flexibility index (Phi) is 10.1. The standard InChI is InChI=1S/C39H45ClN6O8S/c1-5-23-20-39(23,36(50)44-55(52,53)27-17-18-27)42-33(47)30-19-25(21-45(30)35(49)32(38(2,3)4)41-37(51)54-26-9-8-10-26)46-34(48)29-12-7-6-11-28(29)31(43-46)22-13-15-24(40)16-14-22/h5-7,11-16,23,25-27,30,32H,1,8-10,17-21H2,2-4H3,(H,41,51)(H,42,47)(H,44,50)/t23-,25-,30+,32-,39-/m1/s1. The molecule has 4 amide bonds. The minimum atomic E-state index is -3.94. The molecule has 3 aliphatic carbocycles. The fourth-order valence-electron chi connectivity index (χ4n) is 7.38. The molecule has 3 saturated carbocycles. The third-order valence-corrected chi connectivity index (χ3v) is 13.2. The molecule has 0 unspecified atom stereocenters. The lowest BCUT2D eigenvalue weighted by Crippen LogP contribution is -2.60. The maximum atomic E-state index is 14.7. The Bertz CT molecular complexity index is 2230. The van der Waals surface area contributed by atoms with Crippen LogP contribution in [-0.4, -0.2) is 82.4 Å². The van der Waals surface area contributed by atoms with E-state index in [1.54, 1.807) is 69.3 Å². The molecule has 0 radical (unpaired) electrons. The van der Waals surface area contributed by atoms with Crippen molar-refractivity contribution < 1.29 is 32.3 Å². The van der Waals surface area contributed by atoms with E-state index < -0.39 is 79.6 Å². The minimum absolute atomic E-state index is 0.0803. The smallest absolute Gasteiger partial charge is 0.408 e. The number of hydrogen-bond donors (Lipinski definition) is 3. The Morgan fingerprint density at radius 2 is 1.71 bits per heavy atom. The number of carbonyl (C=O) groups is 4. The van der Waals surface area contributed by atoms with E-state index in [0.29, 0.717) is 39.9 Å². The molecule has 16 heteroatoms. The molecule has 4 aliphatic rings. The van der Waals surface area contributed by atoms with E-state index in [9.17, 15) is 32.4 Å². The van der Waals surface area contributed by atoms with Crippen molar-refractivity contribution in [3.05, 3.63) is 76.6 Å². The number of halogens is 1. The van der Waals surface area contributed by atoms with Crippen LogP contribution in [0, 0.1) is 11.3 Å². The number of hydrogen-bond acceptors (Lipinski definition) is 9. The van der Waals surface area contributed by atoms with Gasteiger partial charge in [-0.2, -0.15) is 5.10 Å². The Morgan fingerprint density at radius 1 is 1.04 bits per heavy atom. The summed E-state index contributed by atoms with van der Waals surface area (Å²) in [6.07, 6.45) is 3.77. The average Bonchev–Trinajstić information content (AvgIpc) is 4.05. The monoisotopic (exact) mass is 792 g/mol. The Labute approximate surface area is 324 Å². The van der Waals surface area contributed by atoms with E-state index in [1.165, 1.54) is 15.7 Å². The lowest BCUT2D eigenvalue weighted by Gasteiger charge is -2.36. The van der Waals surface area contributed by atoms with Crippen molar-refractivity contribution in [2.24, 2.45) is 11.3 Å². The molecule has 0 bridgehead atoms. The molecule has 14 nitrogen and oxygen atoms in total. The molecule has 1 aromatic heterocycles. The lowest BCUT2D eigenvalue weighted by molar-refractivity contribution is -0.142. The number of ether oxygens (including phenoxy) is 1. The van der Waals surface area contributed by atoms with E-state index in [0.717, 1.165) is 19.3 Å². The number of benzene rings is 2. The molecule has 1 aliphatic heterocycles. The molecule has 55 heavy (non-hydrogen) atoms. The highest BCUT2D eigenvalue weighted by molar-refractivity contribution is 7.91. The number of sulfonamides is 1. The molecule has 0 spiro atoms. The average molecular weight is 793 g/mol. The molecule has 3 aromatic rings. The second-order valence-electron chi connectivity index (χ2n) is 16.1. The zero-order valence-electron chi connectivity index (χ0n) is 30.9. The van der Waals surface area contributed by atoms with E-state index in [1.807, 2.05) is 0 Å². The highest BCUT2D eigenvalue weighted by Gasteiger charge is 2.62. The third-order valence-electron chi connectivity index (χ3n) is 11.1. The summed E-state index contributed by atoms with van der Waals surface area (Å²) in [4.78, 5) is 71.3. The van der Waals surface area contributed by atoms with Crippen LogP contribution in [-0.2, 0) is 29.1 Å². The van der Waals surface area contributed by atoms with Crippen LogP contribution < -0.4 is 20.9 Å². The molecule has 292 valence electrons. The fraction of sp³-hybridized carbons (Fsp3) is 0.487. The number of amides is 4. The van der Waals surface area contributed by atoms with Gasteiger partial charge in [0.05, 0.1) is 22.4 Å². The summed E-state index contributed by atoms with van der Waals surface area (Å²) in [5, 5.41) is 11.2. The summed E-state index contributed by atoms with van der Waals surface area (Å²) >= 11 is 6.18. The lowest BCUT2D eigenvalue weighted by atomic mass is 9.85. The molecule has 1 saturated heterocycles. The second kappa shape index (κ2) is 14.4. The summed E-state index contributed by atoms with van der Waals surface area (Å²) in [5.74, 6) is -2.77. The van der Waals surface area contributed by atoms with Crippen molar-refractivity contribution in [3.8, 4) is 11.3 Å². The number of nitrogens with one attached hydrogen (secondary N) is 3. The first-order valence-electron chi connectivity index (χ1n) is 18.6. The van der Waals surface area contributed by atoms with Crippen LogP contribution in [0.15, 0.2) is 66.0 Å². The normalized spacial score (nSPS) is 24.4. The maximum Gasteiger partial charge on any atom is 0.408 e. The first-order chi connectivity index (χ1) is 26.0. The van der Waals surface area contributed by atoms with Gasteiger partial charge in [0.25, 0.3) is 11.5 Å². The largest absolute Gasteiger partial charge is 0.446 e. The summed E-state index contributed by atoms with van der Waals surface area (Å²) in [7, 11) is -3.94. The van der Waals surface area contributed by atoms with Gasteiger partial charge in [0, 0.05) is 34.9 Å². The van der Waals surface area contributed by atoms with Crippen LogP contribution in [0.2, 0.25) is 5.02 Å². The Hall–Kier alpha value is -4.76. The number of carbonyl (C=O) groups excluding carboxylic acids is 4. The first kappa shape index (κ1) is 38.5. The molecule has 7 rings (SSSR count). The Balaban J connectivity index is 1.25. The number of aromatic nitrogens is 2. The highest BCUT2D eigenvalue weighted by Crippen LogP contribution is 2.46. The van der Waals surface area contributed by atoms with Crippen molar-refractivity contribution >= 4 is 56.2 Å². The summed E-state index contributed by atoms with van der Waals surface area (Å²) in [5.41, 5.74) is -1.71. The predicted octanol–water partition coefficient (Wildman–Crippen LogP) is 4.22. The highest BCUT2D eigenvalue weighted by atomic mass is 35.5. The van der Waals surface area contributed by atoms with Crippen LogP contribution in [0.1, 0.15) is 71.8 Å². The molecule has 2 aromatic carbocycles. The fourth-order valence-corrected chi connectivity index (χ4v) is 8.87. The molecular weight excluding hydrogens is 748 g/mol. The van der Waals surface area contributed by atoms with Gasteiger partial charge in [-0.25, -0.2) is 17.9 Å². The zero-order chi connectivity index (χ0) is 39.4. The molecule has 5 atom stereocenters. The quantitative estimate of drug-likeness (QED) is 0.239. The summed E-state index contributed by atoms with van der Waals surface area (Å²) in [6, 6.07) is 10.8. The van der Waals surface area contributed by atoms with Crippen LogP contribution >= 0.6 is 11.6 Å². The van der Waals surface area contributed by atoms with Crippen molar-refractivity contribution in [2.75, 3.05) is 6.54 Å². The number of rotatable bonds is 11. The number of alkyl carbamates (subject to hydrolysis) is 1. The van der Waals surface area contributed by atoms with E-state index in [4.69, 9.17) is 21.4 Å². The van der Waals surface area contributed by atoms with Gasteiger partial charge in [0.15, 0.2) is 0 Å². The van der Waals surface area contributed by atoms with Gasteiger partial charge in [-0.3, -0.25) is 23.9 Å². The Morgan fingerprint density at radius 3 is 2.29 bits per heavy atom. The minimum Gasteiger partial charge on any atom is -0.446 e. The van der Waals surface area contributed by atoms with Crippen molar-refractivity contribution in [2.45, 2.75) is 101 Å². The van der Waals surface area contributed by atoms with Crippen LogP contribution in [0.4, 0.5) is 4.79 Å². The number of likely N-dealkylation sites (tertiary alicyclic amines) is 1. The number of nitrogens with zero attached hydrogens (tertiary/aromatic N) is 3. The number of fused-ring (bicyclic) bond motifs is 1. The van der Waals surface area contributed by atoms with E-state index in [2.05, 4.69) is 21.9 Å². The van der Waals surface area contributed by atoms with Crippen molar-refractivity contribution in [3.63, 3.8) is 0 Å². The summed E-state index contributed by atoms with van der Waals surface area (Å²) in [6.45, 7) is 8.95. The molecule has 2 heterocycles. The van der Waals surface area contributed by atoms with E-state index >= 15 is 0 Å². The van der Waals surface area contributed by atoms with Crippen LogP contribution in [0.25, 0.3) is 22.0 Å². The van der Waals surface area contributed by atoms with Crippen LogP contribution in [0.5, 0.6) is 0 Å².